The number of aromatic amines is 2. The Hall–Kier alpha value is -3.72. The van der Waals surface area contributed by atoms with Gasteiger partial charge in [-0.15, -0.1) is 0 Å². The zero-order chi connectivity index (χ0) is 21.3. The Morgan fingerprint density at radius 3 is 2.77 bits per heavy atom. The van der Waals surface area contributed by atoms with E-state index >= 15 is 0 Å². The van der Waals surface area contributed by atoms with Crippen molar-refractivity contribution in [2.24, 2.45) is 0 Å². The first-order chi connectivity index (χ1) is 14.4. The third-order valence-corrected chi connectivity index (χ3v) is 4.63. The molecule has 4 rings (SSSR count). The lowest BCUT2D eigenvalue weighted by molar-refractivity contribution is 0.170. The summed E-state index contributed by atoms with van der Waals surface area (Å²) in [5.41, 5.74) is 9.94. The van der Waals surface area contributed by atoms with E-state index in [0.29, 0.717) is 45.1 Å². The van der Waals surface area contributed by atoms with E-state index in [0.717, 1.165) is 11.1 Å². The van der Waals surface area contributed by atoms with Crippen LogP contribution in [0.5, 0.6) is 11.6 Å². The Morgan fingerprint density at radius 1 is 1.20 bits per heavy atom. The molecular formula is C21H20N4O4S. The zero-order valence-corrected chi connectivity index (χ0v) is 16.9. The van der Waals surface area contributed by atoms with Crippen molar-refractivity contribution in [3.8, 4) is 11.6 Å². The number of hydrogen-bond donors (Lipinski definition) is 5. The van der Waals surface area contributed by atoms with Gasteiger partial charge in [-0.3, -0.25) is 5.41 Å². The lowest BCUT2D eigenvalue weighted by atomic mass is 10.1. The molecule has 0 unspecified atom stereocenters. The number of nitrogens with one attached hydrogen (secondary N) is 3. The second kappa shape index (κ2) is 7.96. The van der Waals surface area contributed by atoms with Gasteiger partial charge in [0.25, 0.3) is 0 Å². The summed E-state index contributed by atoms with van der Waals surface area (Å²) < 4.78 is 17.4. The van der Waals surface area contributed by atoms with Gasteiger partial charge in [-0.05, 0) is 49.0 Å². The van der Waals surface area contributed by atoms with Crippen LogP contribution in [-0.4, -0.2) is 34.0 Å². The molecular weight excluding hydrogens is 404 g/mol. The van der Waals surface area contributed by atoms with Crippen LogP contribution in [0.3, 0.4) is 0 Å². The molecule has 8 nitrogen and oxygen atoms in total. The number of allylic oxidation sites excluding steroid dienone is 1. The molecule has 0 aliphatic heterocycles. The minimum atomic E-state index is -0.0695. The van der Waals surface area contributed by atoms with Crippen molar-refractivity contribution in [2.75, 3.05) is 18.9 Å². The number of aromatic nitrogens is 2. The average Bonchev–Trinajstić information content (AvgIpc) is 3.22. The van der Waals surface area contributed by atoms with Crippen LogP contribution >= 0.6 is 12.2 Å². The number of benzene rings is 1. The third kappa shape index (κ3) is 4.15. The number of aromatic hydroxyl groups is 1. The summed E-state index contributed by atoms with van der Waals surface area (Å²) in [6, 6.07) is 7.38. The number of nitrogens with two attached hydrogens (primary N) is 1. The van der Waals surface area contributed by atoms with Gasteiger partial charge in [0.15, 0.2) is 4.77 Å². The highest BCUT2D eigenvalue weighted by Gasteiger charge is 2.14. The second-order valence-corrected chi connectivity index (χ2v) is 7.17. The van der Waals surface area contributed by atoms with Crippen LogP contribution in [0.1, 0.15) is 16.8 Å². The number of ether oxygens (including phenoxy) is 2. The standard InChI is InChI=1S/C21H20N4O4S/c1-11-2-3-14(22)18(6-11)27-4-5-28-19-8-12-7-13(29-17(12)10-15(19)23)9-16-20(26)25-21(30)24-16/h2-3,6-10,23,26H,4-5,22H2,1H3,(H2,24,25,30). The summed E-state index contributed by atoms with van der Waals surface area (Å²) in [6.07, 6.45) is 4.94. The molecule has 1 aliphatic rings. The number of furan rings is 1. The fourth-order valence-corrected chi connectivity index (χ4v) is 3.19. The molecule has 9 heteroatoms. The molecule has 0 saturated carbocycles. The number of aryl methyl sites for hydroxylation is 1. The van der Waals surface area contributed by atoms with Crippen molar-refractivity contribution < 1.29 is 19.0 Å². The quantitative estimate of drug-likeness (QED) is 0.234. The van der Waals surface area contributed by atoms with Crippen LogP contribution in [-0.2, 0) is 4.74 Å². The summed E-state index contributed by atoms with van der Waals surface area (Å²) in [4.78, 5) is 5.42. The molecule has 0 spiro atoms. The van der Waals surface area contributed by atoms with Crippen molar-refractivity contribution >= 4 is 41.8 Å². The van der Waals surface area contributed by atoms with E-state index in [1.165, 1.54) is 0 Å². The third-order valence-electron chi connectivity index (χ3n) is 4.43. The second-order valence-electron chi connectivity index (χ2n) is 6.76. The zero-order valence-electron chi connectivity index (χ0n) is 16.1. The first-order valence-corrected chi connectivity index (χ1v) is 9.57. The molecule has 0 atom stereocenters. The van der Waals surface area contributed by atoms with Crippen LogP contribution in [0, 0.1) is 17.1 Å². The van der Waals surface area contributed by atoms with Crippen LogP contribution in [0.2, 0.25) is 0 Å². The molecule has 6 N–H and O–H groups in total. The van der Waals surface area contributed by atoms with E-state index in [2.05, 4.69) is 9.97 Å². The fraction of sp³-hybridized carbons (Fsp3) is 0.143. The molecule has 3 aromatic rings. The maximum atomic E-state index is 9.79. The molecule has 2 aromatic heterocycles. The summed E-state index contributed by atoms with van der Waals surface area (Å²) in [5, 5.41) is 18.0. The van der Waals surface area contributed by atoms with E-state index in [9.17, 15) is 5.11 Å². The summed E-state index contributed by atoms with van der Waals surface area (Å²) in [6.45, 7) is 2.52. The molecule has 0 radical (unpaired) electrons. The fourth-order valence-electron chi connectivity index (χ4n) is 2.98. The van der Waals surface area contributed by atoms with Gasteiger partial charge in [0.1, 0.15) is 41.2 Å². The molecule has 0 amide bonds. The monoisotopic (exact) mass is 424 g/mol. The Labute approximate surface area is 176 Å². The highest BCUT2D eigenvalue weighted by molar-refractivity contribution is 7.71. The predicted molar refractivity (Wildman–Crippen MR) is 116 cm³/mol. The lowest BCUT2D eigenvalue weighted by Gasteiger charge is -2.13. The smallest absolute Gasteiger partial charge is 0.215 e. The first-order valence-electron chi connectivity index (χ1n) is 9.16. The Kier molecular flexibility index (Phi) is 5.20. The number of rotatable bonds is 6. The van der Waals surface area contributed by atoms with Gasteiger partial charge in [0, 0.05) is 17.7 Å². The predicted octanol–water partition coefficient (Wildman–Crippen LogP) is 2.34. The number of H-pyrrole nitrogens is 2. The van der Waals surface area contributed by atoms with E-state index in [1.807, 2.05) is 19.1 Å². The summed E-state index contributed by atoms with van der Waals surface area (Å²) in [7, 11) is 0. The Morgan fingerprint density at radius 2 is 2.00 bits per heavy atom. The van der Waals surface area contributed by atoms with Crippen LogP contribution in [0.4, 0.5) is 5.69 Å². The molecule has 1 aromatic carbocycles. The van der Waals surface area contributed by atoms with E-state index in [1.54, 1.807) is 30.4 Å². The number of fused-ring (bicyclic) bond motifs is 1. The summed E-state index contributed by atoms with van der Waals surface area (Å²) >= 11 is 4.95. The van der Waals surface area contributed by atoms with Gasteiger partial charge in [-0.2, -0.15) is 0 Å². The highest BCUT2D eigenvalue weighted by Crippen LogP contribution is 2.22. The van der Waals surface area contributed by atoms with Gasteiger partial charge in [0.2, 0.25) is 5.88 Å². The Bertz CT molecular complexity index is 1330. The van der Waals surface area contributed by atoms with Gasteiger partial charge < -0.3 is 34.7 Å². The minimum absolute atomic E-state index is 0.0695. The van der Waals surface area contributed by atoms with Crippen molar-refractivity contribution in [3.63, 3.8) is 0 Å². The van der Waals surface area contributed by atoms with Crippen molar-refractivity contribution in [3.05, 3.63) is 62.4 Å². The van der Waals surface area contributed by atoms with E-state index in [-0.39, 0.29) is 18.2 Å². The molecule has 0 bridgehead atoms. The maximum Gasteiger partial charge on any atom is 0.215 e. The molecule has 0 fully saturated rings. The summed E-state index contributed by atoms with van der Waals surface area (Å²) in [5.74, 6) is 0.960. The SMILES string of the molecule is Cc1ccc(N)c(OCCOC2=Cc3cc(=Cc4[nH]c(=S)[nH]c4O)oc3=CC2=N)c1. The maximum absolute atomic E-state index is 9.79. The topological polar surface area (TPSA) is 133 Å². The largest absolute Gasteiger partial charge is 0.493 e. The van der Waals surface area contributed by atoms with Crippen LogP contribution in [0.15, 0.2) is 34.4 Å². The van der Waals surface area contributed by atoms with Crippen LogP contribution in [0.25, 0.3) is 18.2 Å². The van der Waals surface area contributed by atoms with Crippen molar-refractivity contribution in [1.29, 1.82) is 5.41 Å². The minimum Gasteiger partial charge on any atom is -0.493 e. The first kappa shape index (κ1) is 19.6. The molecule has 2 heterocycles. The molecule has 0 saturated heterocycles. The van der Waals surface area contributed by atoms with E-state index in [4.69, 9.17) is 37.3 Å². The molecule has 1 aliphatic carbocycles. The number of nitrogen functional groups attached to an aromatic ring is 1. The number of imidazole rings is 1. The average molecular weight is 424 g/mol. The molecule has 154 valence electrons. The van der Waals surface area contributed by atoms with Gasteiger partial charge >= 0.3 is 0 Å². The molecule has 30 heavy (non-hydrogen) atoms. The lowest BCUT2D eigenvalue weighted by Crippen LogP contribution is -2.16. The van der Waals surface area contributed by atoms with Crippen molar-refractivity contribution in [1.82, 2.24) is 9.97 Å². The van der Waals surface area contributed by atoms with Gasteiger partial charge in [-0.25, -0.2) is 0 Å². The normalized spacial score (nSPS) is 13.6. The van der Waals surface area contributed by atoms with Gasteiger partial charge in [0.05, 0.1) is 11.4 Å². The number of anilines is 1. The van der Waals surface area contributed by atoms with Gasteiger partial charge in [-0.1, -0.05) is 6.07 Å². The van der Waals surface area contributed by atoms with Crippen LogP contribution < -0.4 is 21.3 Å². The Balaban J connectivity index is 1.45. The number of hydrogen-bond acceptors (Lipinski definition) is 7. The highest BCUT2D eigenvalue weighted by atomic mass is 32.1. The van der Waals surface area contributed by atoms with Crippen molar-refractivity contribution in [2.45, 2.75) is 6.92 Å². The van der Waals surface area contributed by atoms with E-state index < -0.39 is 0 Å².